The fraction of sp³-hybridized carbons (Fsp3) is 0.800. The van der Waals surface area contributed by atoms with E-state index < -0.39 is 0 Å². The number of nitrogens with zero attached hydrogens (tertiary/aromatic N) is 3. The van der Waals surface area contributed by atoms with Gasteiger partial charge < -0.3 is 4.57 Å². The third-order valence-corrected chi connectivity index (χ3v) is 2.26. The van der Waals surface area contributed by atoms with Crippen molar-refractivity contribution in [1.29, 1.82) is 0 Å². The summed E-state index contributed by atoms with van der Waals surface area (Å²) >= 11 is 0. The fourth-order valence-corrected chi connectivity index (χ4v) is 1.36. The summed E-state index contributed by atoms with van der Waals surface area (Å²) in [6, 6.07) is 0. The number of hydrogen-bond acceptors (Lipinski definition) is 2. The first-order valence-corrected chi connectivity index (χ1v) is 5.02. The van der Waals surface area contributed by atoms with E-state index in [1.54, 1.807) is 0 Å². The van der Waals surface area contributed by atoms with Gasteiger partial charge in [0.05, 0.1) is 0 Å². The highest BCUT2D eigenvalue weighted by atomic mass is 15.3. The first-order chi connectivity index (χ1) is 6.15. The lowest BCUT2D eigenvalue weighted by Gasteiger charge is -2.12. The molecule has 0 saturated heterocycles. The molecule has 1 aromatic rings. The zero-order chi connectivity index (χ0) is 9.84. The van der Waals surface area contributed by atoms with E-state index in [1.807, 2.05) is 6.33 Å². The summed E-state index contributed by atoms with van der Waals surface area (Å²) in [7, 11) is 0. The topological polar surface area (TPSA) is 30.7 Å². The van der Waals surface area contributed by atoms with Crippen LogP contribution in [-0.2, 0) is 6.54 Å². The highest BCUT2D eigenvalue weighted by molar-refractivity contribution is 4.93. The summed E-state index contributed by atoms with van der Waals surface area (Å²) in [5, 5.41) is 8.11. The number of hydrogen-bond donors (Lipinski definition) is 0. The highest BCUT2D eigenvalue weighted by Gasteiger charge is 2.11. The van der Waals surface area contributed by atoms with Crippen LogP contribution in [0.3, 0.4) is 0 Å². The van der Waals surface area contributed by atoms with Gasteiger partial charge in [-0.1, -0.05) is 27.7 Å². The van der Waals surface area contributed by atoms with E-state index in [2.05, 4.69) is 42.5 Å². The zero-order valence-corrected chi connectivity index (χ0v) is 8.99. The van der Waals surface area contributed by atoms with Gasteiger partial charge in [0.1, 0.15) is 12.2 Å². The lowest BCUT2D eigenvalue weighted by Crippen LogP contribution is -2.09. The first-order valence-electron chi connectivity index (χ1n) is 5.02. The molecule has 1 rings (SSSR count). The predicted molar refractivity (Wildman–Crippen MR) is 53.6 cm³/mol. The van der Waals surface area contributed by atoms with Crippen molar-refractivity contribution in [2.45, 2.75) is 46.6 Å². The van der Waals surface area contributed by atoms with Crippen LogP contribution in [-0.4, -0.2) is 14.8 Å². The minimum Gasteiger partial charge on any atom is -0.317 e. The Morgan fingerprint density at radius 2 is 2.08 bits per heavy atom. The molecule has 0 aliphatic heterocycles. The molecule has 0 saturated carbocycles. The van der Waals surface area contributed by atoms with Crippen molar-refractivity contribution in [2.75, 3.05) is 0 Å². The van der Waals surface area contributed by atoms with Gasteiger partial charge in [-0.2, -0.15) is 0 Å². The molecular weight excluding hydrogens is 162 g/mol. The second-order valence-corrected chi connectivity index (χ2v) is 4.04. The van der Waals surface area contributed by atoms with E-state index in [9.17, 15) is 0 Å². The molecule has 0 amide bonds. The molecule has 1 heterocycles. The van der Waals surface area contributed by atoms with Crippen LogP contribution in [0.2, 0.25) is 0 Å². The zero-order valence-electron chi connectivity index (χ0n) is 8.99. The number of rotatable bonds is 4. The Morgan fingerprint density at radius 3 is 2.62 bits per heavy atom. The molecule has 0 radical (unpaired) electrons. The Bertz CT molecular complexity index is 252. The molecule has 0 aliphatic rings. The lowest BCUT2D eigenvalue weighted by molar-refractivity contribution is 0.490. The van der Waals surface area contributed by atoms with Gasteiger partial charge in [0.15, 0.2) is 0 Å². The second-order valence-electron chi connectivity index (χ2n) is 4.04. The summed E-state index contributed by atoms with van der Waals surface area (Å²) in [6.45, 7) is 9.81. The first kappa shape index (κ1) is 10.2. The third-order valence-electron chi connectivity index (χ3n) is 2.26. The maximum atomic E-state index is 4.15. The molecule has 1 atom stereocenters. The maximum absolute atomic E-state index is 4.15. The van der Waals surface area contributed by atoms with E-state index in [1.165, 1.54) is 0 Å². The molecular formula is C10H19N3. The van der Waals surface area contributed by atoms with Crippen molar-refractivity contribution in [3.63, 3.8) is 0 Å². The minimum absolute atomic E-state index is 0.515. The Balaban J connectivity index is 2.76. The molecule has 3 heteroatoms. The molecule has 13 heavy (non-hydrogen) atoms. The van der Waals surface area contributed by atoms with Crippen molar-refractivity contribution in [1.82, 2.24) is 14.8 Å². The molecule has 0 spiro atoms. The molecule has 1 aromatic heterocycles. The molecule has 1 unspecified atom stereocenters. The molecule has 0 bridgehead atoms. The van der Waals surface area contributed by atoms with Crippen molar-refractivity contribution < 1.29 is 0 Å². The summed E-state index contributed by atoms with van der Waals surface area (Å²) in [5.74, 6) is 2.29. The van der Waals surface area contributed by atoms with Crippen molar-refractivity contribution in [3.05, 3.63) is 12.2 Å². The Labute approximate surface area is 80.2 Å². The average Bonchev–Trinajstić information content (AvgIpc) is 2.50. The average molecular weight is 181 g/mol. The van der Waals surface area contributed by atoms with E-state index >= 15 is 0 Å². The molecule has 3 nitrogen and oxygen atoms in total. The van der Waals surface area contributed by atoms with E-state index in [0.29, 0.717) is 11.8 Å². The van der Waals surface area contributed by atoms with Gasteiger partial charge >= 0.3 is 0 Å². The van der Waals surface area contributed by atoms with Crippen LogP contribution in [0.4, 0.5) is 0 Å². The summed E-state index contributed by atoms with van der Waals surface area (Å²) < 4.78 is 2.17. The van der Waals surface area contributed by atoms with Crippen LogP contribution < -0.4 is 0 Å². The van der Waals surface area contributed by atoms with Crippen LogP contribution >= 0.6 is 0 Å². The van der Waals surface area contributed by atoms with Crippen LogP contribution in [0.15, 0.2) is 6.33 Å². The van der Waals surface area contributed by atoms with Gasteiger partial charge in [-0.15, -0.1) is 10.2 Å². The molecule has 74 valence electrons. The van der Waals surface area contributed by atoms with Gasteiger partial charge in [-0.3, -0.25) is 0 Å². The van der Waals surface area contributed by atoms with Crippen molar-refractivity contribution in [3.8, 4) is 0 Å². The Morgan fingerprint density at radius 1 is 1.38 bits per heavy atom. The number of aromatic nitrogens is 3. The second kappa shape index (κ2) is 4.40. The summed E-state index contributed by atoms with van der Waals surface area (Å²) in [4.78, 5) is 0. The predicted octanol–water partition coefficient (Wildman–Crippen LogP) is 2.45. The van der Waals surface area contributed by atoms with Crippen LogP contribution in [0.25, 0.3) is 0 Å². The van der Waals surface area contributed by atoms with E-state index in [-0.39, 0.29) is 0 Å². The summed E-state index contributed by atoms with van der Waals surface area (Å²) in [5.41, 5.74) is 0. The third kappa shape index (κ3) is 2.54. The van der Waals surface area contributed by atoms with Gasteiger partial charge in [-0.25, -0.2) is 0 Å². The fourth-order valence-electron chi connectivity index (χ4n) is 1.36. The minimum atomic E-state index is 0.515. The van der Waals surface area contributed by atoms with Crippen LogP contribution in [0, 0.1) is 5.92 Å². The maximum Gasteiger partial charge on any atom is 0.135 e. The highest BCUT2D eigenvalue weighted by Crippen LogP contribution is 2.16. The van der Waals surface area contributed by atoms with Gasteiger partial charge in [-0.05, 0) is 12.3 Å². The normalized spacial score (nSPS) is 13.6. The van der Waals surface area contributed by atoms with E-state index in [0.717, 1.165) is 18.8 Å². The molecule has 0 aromatic carbocycles. The quantitative estimate of drug-likeness (QED) is 0.714. The van der Waals surface area contributed by atoms with Gasteiger partial charge in [0.25, 0.3) is 0 Å². The van der Waals surface area contributed by atoms with E-state index in [4.69, 9.17) is 0 Å². The molecule has 0 fully saturated rings. The largest absolute Gasteiger partial charge is 0.317 e. The van der Waals surface area contributed by atoms with Crippen LogP contribution in [0.1, 0.15) is 45.9 Å². The smallest absolute Gasteiger partial charge is 0.135 e. The Hall–Kier alpha value is -0.860. The van der Waals surface area contributed by atoms with Crippen LogP contribution in [0.5, 0.6) is 0 Å². The monoisotopic (exact) mass is 181 g/mol. The lowest BCUT2D eigenvalue weighted by atomic mass is 10.1. The standard InChI is InChI=1S/C10H19N3/c1-5-9(4)10-12-11-7-13(10)6-8(2)3/h7-9H,5-6H2,1-4H3. The van der Waals surface area contributed by atoms with Crippen molar-refractivity contribution >= 4 is 0 Å². The summed E-state index contributed by atoms with van der Waals surface area (Å²) in [6.07, 6.45) is 2.96. The SMILES string of the molecule is CCC(C)c1nncn1CC(C)C. The molecule has 0 N–H and O–H groups in total. The van der Waals surface area contributed by atoms with Crippen molar-refractivity contribution in [2.24, 2.45) is 5.92 Å². The molecule has 0 aliphatic carbocycles. The van der Waals surface area contributed by atoms with Gasteiger partial charge in [0.2, 0.25) is 0 Å². The van der Waals surface area contributed by atoms with Gasteiger partial charge in [0, 0.05) is 12.5 Å². The Kier molecular flexibility index (Phi) is 3.46.